The molecule has 0 saturated carbocycles. The number of hydrogen-bond acceptors (Lipinski definition) is 7. The topological polar surface area (TPSA) is 92.9 Å². The highest BCUT2D eigenvalue weighted by molar-refractivity contribution is 7.18. The molecule has 6 rings (SSSR count). The van der Waals surface area contributed by atoms with E-state index in [0.717, 1.165) is 67.0 Å². The Morgan fingerprint density at radius 3 is 2.75 bits per heavy atom. The molecule has 5 heterocycles. The largest absolute Gasteiger partial charge is 0.393 e. The Balaban J connectivity index is 1.27. The zero-order valence-electron chi connectivity index (χ0n) is 19.7. The van der Waals surface area contributed by atoms with Gasteiger partial charge < -0.3 is 20.2 Å². The number of aromatic nitrogens is 4. The number of anilines is 2. The Labute approximate surface area is 208 Å². The summed E-state index contributed by atoms with van der Waals surface area (Å²) in [6.07, 6.45) is -3.10. The molecule has 1 aromatic carbocycles. The number of fused-ring (bicyclic) bond motifs is 3. The lowest BCUT2D eigenvalue weighted by Crippen LogP contribution is -2.48. The van der Waals surface area contributed by atoms with Crippen LogP contribution < -0.4 is 15.9 Å². The molecular weight excluding hydrogens is 491 g/mol. The van der Waals surface area contributed by atoms with Crippen LogP contribution >= 0.6 is 11.3 Å². The molecule has 0 radical (unpaired) electrons. The first kappa shape index (κ1) is 23.3. The quantitative estimate of drug-likeness (QED) is 0.369. The van der Waals surface area contributed by atoms with E-state index in [1.54, 1.807) is 13.1 Å². The minimum atomic E-state index is -4.26. The molecule has 190 valence electrons. The zero-order valence-corrected chi connectivity index (χ0v) is 20.5. The van der Waals surface area contributed by atoms with Crippen molar-refractivity contribution in [2.24, 2.45) is 5.92 Å². The van der Waals surface area contributed by atoms with Crippen LogP contribution in [0, 0.1) is 5.92 Å². The van der Waals surface area contributed by atoms with Gasteiger partial charge in [0.25, 0.3) is 0 Å². The number of piperidine rings is 1. The van der Waals surface area contributed by atoms with Crippen molar-refractivity contribution in [3.63, 3.8) is 0 Å². The Morgan fingerprint density at radius 2 is 1.94 bits per heavy atom. The van der Waals surface area contributed by atoms with Gasteiger partial charge in [-0.05, 0) is 49.1 Å². The Hall–Kier alpha value is -3.12. The summed E-state index contributed by atoms with van der Waals surface area (Å²) < 4.78 is 39.2. The van der Waals surface area contributed by atoms with Crippen molar-refractivity contribution in [2.45, 2.75) is 38.0 Å². The van der Waals surface area contributed by atoms with Crippen molar-refractivity contribution in [1.82, 2.24) is 24.8 Å². The predicted molar refractivity (Wildman–Crippen MR) is 135 cm³/mol. The summed E-state index contributed by atoms with van der Waals surface area (Å²) in [5, 5.41) is 3.64. The highest BCUT2D eigenvalue weighted by Gasteiger charge is 2.39. The van der Waals surface area contributed by atoms with E-state index in [1.165, 1.54) is 0 Å². The highest BCUT2D eigenvalue weighted by Crippen LogP contribution is 2.39. The summed E-state index contributed by atoms with van der Waals surface area (Å²) in [5.74, 6) is 1.68. The Morgan fingerprint density at radius 1 is 1.14 bits per heavy atom. The number of nitrogens with zero attached hydrogens (tertiary/aromatic N) is 4. The van der Waals surface area contributed by atoms with E-state index in [-0.39, 0.29) is 10.6 Å². The van der Waals surface area contributed by atoms with Gasteiger partial charge in [-0.1, -0.05) is 6.07 Å². The van der Waals surface area contributed by atoms with Crippen molar-refractivity contribution in [3.05, 3.63) is 45.2 Å². The molecule has 2 fully saturated rings. The fourth-order valence-electron chi connectivity index (χ4n) is 5.62. The summed E-state index contributed by atoms with van der Waals surface area (Å²) in [4.78, 5) is 31.8. The maximum Gasteiger partial charge on any atom is 0.393 e. The summed E-state index contributed by atoms with van der Waals surface area (Å²) in [5.41, 5.74) is 2.51. The lowest BCUT2D eigenvalue weighted by molar-refractivity contribution is -0.126. The average Bonchev–Trinajstić information content (AvgIpc) is 3.52. The second-order valence-corrected chi connectivity index (χ2v) is 10.7. The van der Waals surface area contributed by atoms with Crippen molar-refractivity contribution in [2.75, 3.05) is 36.9 Å². The SMILES string of the molecule is CNc1nc(N2CCC3CCN(Cc4ccc5[nH]c(=O)[nH]c5c4)C3C2)c2cc(CC(F)(F)F)sc2n1. The third-order valence-electron chi connectivity index (χ3n) is 7.27. The van der Waals surface area contributed by atoms with Crippen LogP contribution in [0.1, 0.15) is 23.3 Å². The lowest BCUT2D eigenvalue weighted by atomic mass is 9.92. The van der Waals surface area contributed by atoms with Gasteiger partial charge in [-0.3, -0.25) is 4.90 Å². The van der Waals surface area contributed by atoms with Crippen LogP contribution in [0.15, 0.2) is 29.1 Å². The van der Waals surface area contributed by atoms with Crippen LogP contribution in [-0.4, -0.2) is 63.7 Å². The third kappa shape index (κ3) is 4.43. The molecule has 2 aliphatic heterocycles. The van der Waals surface area contributed by atoms with Gasteiger partial charge in [-0.2, -0.15) is 18.2 Å². The average molecular weight is 518 g/mol. The van der Waals surface area contributed by atoms with Crippen LogP contribution in [0.4, 0.5) is 24.9 Å². The summed E-state index contributed by atoms with van der Waals surface area (Å²) in [6.45, 7) is 3.33. The van der Waals surface area contributed by atoms with Gasteiger partial charge in [-0.25, -0.2) is 9.78 Å². The molecule has 2 saturated heterocycles. The fourth-order valence-corrected chi connectivity index (χ4v) is 6.68. The number of thiophene rings is 1. The maximum absolute atomic E-state index is 13.1. The van der Waals surface area contributed by atoms with Gasteiger partial charge in [0.2, 0.25) is 5.95 Å². The van der Waals surface area contributed by atoms with Crippen LogP contribution in [0.3, 0.4) is 0 Å². The predicted octanol–water partition coefficient (Wildman–Crippen LogP) is 4.11. The number of nitrogens with one attached hydrogen (secondary N) is 3. The van der Waals surface area contributed by atoms with Gasteiger partial charge in [-0.15, -0.1) is 11.3 Å². The van der Waals surface area contributed by atoms with E-state index in [2.05, 4.69) is 35.1 Å². The van der Waals surface area contributed by atoms with Gasteiger partial charge in [0.15, 0.2) is 0 Å². The van der Waals surface area contributed by atoms with Crippen molar-refractivity contribution < 1.29 is 13.2 Å². The molecular formula is C24H26F3N7OS. The maximum atomic E-state index is 13.1. The van der Waals surface area contributed by atoms with E-state index in [9.17, 15) is 18.0 Å². The molecule has 3 N–H and O–H groups in total. The van der Waals surface area contributed by atoms with E-state index in [0.29, 0.717) is 33.9 Å². The molecule has 2 unspecified atom stereocenters. The van der Waals surface area contributed by atoms with Gasteiger partial charge in [0.1, 0.15) is 10.6 Å². The molecule has 36 heavy (non-hydrogen) atoms. The number of alkyl halides is 3. The van der Waals surface area contributed by atoms with Gasteiger partial charge in [0.05, 0.1) is 22.8 Å². The van der Waals surface area contributed by atoms with Gasteiger partial charge >= 0.3 is 11.9 Å². The number of benzene rings is 1. The van der Waals surface area contributed by atoms with Crippen molar-refractivity contribution in [1.29, 1.82) is 0 Å². The smallest absolute Gasteiger partial charge is 0.357 e. The van der Waals surface area contributed by atoms with E-state index in [1.807, 2.05) is 18.2 Å². The molecule has 3 aromatic heterocycles. The highest BCUT2D eigenvalue weighted by atomic mass is 32.1. The first-order chi connectivity index (χ1) is 17.3. The standard InChI is InChI=1S/C24H26F3N7OS/c1-28-22-31-20(16-9-15(10-24(25,26)27)36-21(16)32-22)34-7-5-14-4-6-33(19(14)12-34)11-13-2-3-17-18(8-13)30-23(35)29-17/h2-3,8-9,14,19H,4-7,10-12H2,1H3,(H,28,31,32)(H2,29,30,35). The van der Waals surface area contributed by atoms with E-state index < -0.39 is 12.6 Å². The van der Waals surface area contributed by atoms with E-state index in [4.69, 9.17) is 0 Å². The van der Waals surface area contributed by atoms with Crippen molar-refractivity contribution >= 4 is 44.4 Å². The zero-order chi connectivity index (χ0) is 25.0. The molecule has 0 spiro atoms. The molecule has 0 aliphatic carbocycles. The summed E-state index contributed by atoms with van der Waals surface area (Å²) in [7, 11) is 1.72. The monoisotopic (exact) mass is 517 g/mol. The fraction of sp³-hybridized carbons (Fsp3) is 0.458. The number of imidazole rings is 1. The van der Waals surface area contributed by atoms with Gasteiger partial charge in [0, 0.05) is 37.6 Å². The Bertz CT molecular complexity index is 1480. The number of rotatable bonds is 5. The summed E-state index contributed by atoms with van der Waals surface area (Å²) >= 11 is 1.08. The Kier molecular flexibility index (Phi) is 5.67. The molecule has 2 aliphatic rings. The molecule has 2 atom stereocenters. The lowest BCUT2D eigenvalue weighted by Gasteiger charge is -2.39. The number of aromatic amines is 2. The number of likely N-dealkylation sites (tertiary alicyclic amines) is 1. The second-order valence-electron chi connectivity index (χ2n) is 9.62. The van der Waals surface area contributed by atoms with Crippen LogP contribution in [-0.2, 0) is 13.0 Å². The second kappa shape index (κ2) is 8.77. The minimum Gasteiger partial charge on any atom is -0.357 e. The number of hydrogen-bond donors (Lipinski definition) is 3. The molecule has 4 aromatic rings. The first-order valence-electron chi connectivity index (χ1n) is 12.0. The van der Waals surface area contributed by atoms with E-state index >= 15 is 0 Å². The van der Waals surface area contributed by atoms with Crippen LogP contribution in [0.2, 0.25) is 0 Å². The summed E-state index contributed by atoms with van der Waals surface area (Å²) in [6, 6.07) is 7.90. The third-order valence-corrected chi connectivity index (χ3v) is 8.29. The molecule has 0 amide bonds. The molecule has 8 nitrogen and oxygen atoms in total. The minimum absolute atomic E-state index is 0.213. The first-order valence-corrected chi connectivity index (χ1v) is 12.8. The molecule has 12 heteroatoms. The van der Waals surface area contributed by atoms with Crippen molar-refractivity contribution in [3.8, 4) is 0 Å². The number of H-pyrrole nitrogens is 2. The van der Waals surface area contributed by atoms with Crippen LogP contribution in [0.25, 0.3) is 21.3 Å². The number of halogens is 3. The normalized spacial score (nSPS) is 20.9. The van der Waals surface area contributed by atoms with Crippen LogP contribution in [0.5, 0.6) is 0 Å². The molecule has 0 bridgehead atoms.